The van der Waals surface area contributed by atoms with Gasteiger partial charge in [-0.1, -0.05) is 6.92 Å². The number of thiophene rings is 1. The number of carboxylic acids is 1. The van der Waals surface area contributed by atoms with Crippen molar-refractivity contribution in [1.82, 2.24) is 5.32 Å². The largest absolute Gasteiger partial charge is 0.481 e. The highest BCUT2D eigenvalue weighted by Crippen LogP contribution is 2.22. The van der Waals surface area contributed by atoms with Gasteiger partial charge in [-0.15, -0.1) is 11.3 Å². The summed E-state index contributed by atoms with van der Waals surface area (Å²) < 4.78 is 0. The molecule has 5 heteroatoms. The molecule has 0 aliphatic heterocycles. The van der Waals surface area contributed by atoms with E-state index in [1.165, 1.54) is 16.9 Å². The lowest BCUT2D eigenvalue weighted by Gasteiger charge is -2.09. The van der Waals surface area contributed by atoms with Crippen LogP contribution in [0.4, 0.5) is 0 Å². The third-order valence-corrected chi connectivity index (χ3v) is 3.58. The van der Waals surface area contributed by atoms with E-state index in [9.17, 15) is 9.59 Å². The molecule has 1 rings (SSSR count). The van der Waals surface area contributed by atoms with Gasteiger partial charge in [0.05, 0.1) is 11.3 Å². The number of carbonyl (C=O) groups excluding carboxylic acids is 1. The first-order chi connectivity index (χ1) is 7.93. The maximum atomic E-state index is 11.8. The Morgan fingerprint density at radius 3 is 2.65 bits per heavy atom. The maximum absolute atomic E-state index is 11.8. The van der Waals surface area contributed by atoms with Crippen molar-refractivity contribution in [1.29, 1.82) is 0 Å². The Labute approximate surface area is 105 Å². The van der Waals surface area contributed by atoms with E-state index < -0.39 is 5.97 Å². The lowest BCUT2D eigenvalue weighted by Crippen LogP contribution is -2.33. The molecule has 1 aromatic heterocycles. The summed E-state index contributed by atoms with van der Waals surface area (Å²) in [5.74, 6) is -1.10. The highest BCUT2D eigenvalue weighted by atomic mass is 32.1. The molecule has 4 nitrogen and oxygen atoms in total. The first kappa shape index (κ1) is 13.7. The molecule has 0 aliphatic rings. The van der Waals surface area contributed by atoms with Gasteiger partial charge in [0, 0.05) is 10.9 Å². The molecule has 1 unspecified atom stereocenters. The molecule has 0 saturated heterocycles. The minimum absolute atomic E-state index is 0.0588. The summed E-state index contributed by atoms with van der Waals surface area (Å²) >= 11 is 1.45. The summed E-state index contributed by atoms with van der Waals surface area (Å²) in [5, 5.41) is 11.3. The summed E-state index contributed by atoms with van der Waals surface area (Å²) in [7, 11) is 0. The van der Waals surface area contributed by atoms with Gasteiger partial charge < -0.3 is 10.4 Å². The molecule has 0 saturated carbocycles. The zero-order valence-electron chi connectivity index (χ0n) is 10.2. The number of carbonyl (C=O) groups is 2. The highest BCUT2D eigenvalue weighted by molar-refractivity contribution is 7.14. The van der Waals surface area contributed by atoms with E-state index >= 15 is 0 Å². The lowest BCUT2D eigenvalue weighted by molar-refractivity contribution is -0.137. The molecule has 1 heterocycles. The average molecular weight is 255 g/mol. The minimum Gasteiger partial charge on any atom is -0.481 e. The molecule has 0 aliphatic carbocycles. The molecule has 94 valence electrons. The molecule has 2 N–H and O–H groups in total. The van der Waals surface area contributed by atoms with E-state index in [4.69, 9.17) is 5.11 Å². The van der Waals surface area contributed by atoms with Crippen molar-refractivity contribution in [2.75, 3.05) is 0 Å². The second-order valence-electron chi connectivity index (χ2n) is 4.02. The molecule has 0 spiro atoms. The van der Waals surface area contributed by atoms with Crippen LogP contribution in [0.15, 0.2) is 6.07 Å². The molecule has 0 aromatic carbocycles. The Morgan fingerprint density at radius 2 is 2.18 bits per heavy atom. The van der Waals surface area contributed by atoms with Crippen molar-refractivity contribution in [3.05, 3.63) is 21.4 Å². The first-order valence-corrected chi connectivity index (χ1v) is 6.37. The van der Waals surface area contributed by atoms with Crippen molar-refractivity contribution < 1.29 is 14.7 Å². The topological polar surface area (TPSA) is 66.4 Å². The number of nitrogens with one attached hydrogen (secondary N) is 1. The molecule has 1 aromatic rings. The fourth-order valence-corrected chi connectivity index (χ4v) is 2.61. The van der Waals surface area contributed by atoms with Crippen molar-refractivity contribution in [3.63, 3.8) is 0 Å². The van der Waals surface area contributed by atoms with Crippen LogP contribution in [-0.2, 0) is 11.2 Å². The second kappa shape index (κ2) is 5.82. The van der Waals surface area contributed by atoms with Gasteiger partial charge in [0.1, 0.15) is 0 Å². The van der Waals surface area contributed by atoms with Gasteiger partial charge in [-0.05, 0) is 31.9 Å². The fourth-order valence-electron chi connectivity index (χ4n) is 1.59. The van der Waals surface area contributed by atoms with Crippen molar-refractivity contribution in [2.45, 2.75) is 39.7 Å². The number of amides is 1. The van der Waals surface area contributed by atoms with E-state index in [1.807, 2.05) is 19.9 Å². The molecule has 0 fully saturated rings. The number of hydrogen-bond acceptors (Lipinski definition) is 3. The van der Waals surface area contributed by atoms with E-state index in [2.05, 4.69) is 5.32 Å². The number of hydrogen-bond donors (Lipinski definition) is 2. The molecule has 0 bridgehead atoms. The number of carboxylic acid groups (broad SMARTS) is 1. The Kier molecular flexibility index (Phi) is 4.69. The van der Waals surface area contributed by atoms with Crippen LogP contribution in [0.25, 0.3) is 0 Å². The molecular formula is C12H17NO3S. The quantitative estimate of drug-likeness (QED) is 0.847. The lowest BCUT2D eigenvalue weighted by atomic mass is 10.2. The van der Waals surface area contributed by atoms with Gasteiger partial charge in [0.15, 0.2) is 0 Å². The first-order valence-electron chi connectivity index (χ1n) is 5.56. The third-order valence-electron chi connectivity index (χ3n) is 2.48. The summed E-state index contributed by atoms with van der Waals surface area (Å²) in [6, 6.07) is 1.52. The van der Waals surface area contributed by atoms with Crippen LogP contribution in [0.5, 0.6) is 0 Å². The van der Waals surface area contributed by atoms with Crippen LogP contribution in [0, 0.1) is 6.92 Å². The van der Waals surface area contributed by atoms with Crippen molar-refractivity contribution in [3.8, 4) is 0 Å². The number of rotatable bonds is 5. The van der Waals surface area contributed by atoms with Gasteiger partial charge in [-0.25, -0.2) is 0 Å². The van der Waals surface area contributed by atoms with Gasteiger partial charge in [-0.3, -0.25) is 9.59 Å². The van der Waals surface area contributed by atoms with Gasteiger partial charge in [0.2, 0.25) is 0 Å². The minimum atomic E-state index is -0.908. The zero-order chi connectivity index (χ0) is 13.0. The molecular weight excluding hydrogens is 238 g/mol. The smallest absolute Gasteiger partial charge is 0.305 e. The fraction of sp³-hybridized carbons (Fsp3) is 0.500. The Balaban J connectivity index is 2.66. The Morgan fingerprint density at radius 1 is 1.53 bits per heavy atom. The second-order valence-corrected chi connectivity index (χ2v) is 5.27. The predicted octanol–water partition coefficient (Wildman–Crippen LogP) is 2.21. The number of aliphatic carboxylic acids is 1. The zero-order valence-corrected chi connectivity index (χ0v) is 11.1. The van der Waals surface area contributed by atoms with Gasteiger partial charge in [0.25, 0.3) is 5.91 Å². The van der Waals surface area contributed by atoms with Gasteiger partial charge in [-0.2, -0.15) is 0 Å². The van der Waals surface area contributed by atoms with Crippen molar-refractivity contribution in [2.24, 2.45) is 0 Å². The third kappa shape index (κ3) is 3.85. The average Bonchev–Trinajstić information content (AvgIpc) is 2.58. The molecule has 0 radical (unpaired) electrons. The van der Waals surface area contributed by atoms with Gasteiger partial charge >= 0.3 is 5.97 Å². The van der Waals surface area contributed by atoms with Crippen LogP contribution in [0.3, 0.4) is 0 Å². The Bertz CT molecular complexity index is 425. The van der Waals surface area contributed by atoms with Crippen LogP contribution in [0.2, 0.25) is 0 Å². The summed E-state index contributed by atoms with van der Waals surface area (Å²) in [6.07, 6.45) is 0.844. The SMILES string of the molecule is CCc1cc(C(=O)NC(C)CC(=O)O)sc1C. The standard InChI is InChI=1S/C12H17NO3S/c1-4-9-6-10(17-8(9)3)12(16)13-7(2)5-11(14)15/h6-7H,4-5H2,1-3H3,(H,13,16)(H,14,15). The monoisotopic (exact) mass is 255 g/mol. The van der Waals surface area contributed by atoms with Crippen LogP contribution in [-0.4, -0.2) is 23.0 Å². The predicted molar refractivity (Wildman–Crippen MR) is 67.6 cm³/mol. The van der Waals surface area contributed by atoms with Crippen LogP contribution >= 0.6 is 11.3 Å². The summed E-state index contributed by atoms with van der Waals surface area (Å²) in [4.78, 5) is 24.1. The number of aryl methyl sites for hydroxylation is 2. The summed E-state index contributed by atoms with van der Waals surface area (Å²) in [6.45, 7) is 5.72. The molecule has 1 amide bonds. The Hall–Kier alpha value is -1.36. The van der Waals surface area contributed by atoms with E-state index in [1.54, 1.807) is 6.92 Å². The van der Waals surface area contributed by atoms with Crippen LogP contribution < -0.4 is 5.32 Å². The van der Waals surface area contributed by atoms with E-state index in [0.29, 0.717) is 4.88 Å². The van der Waals surface area contributed by atoms with E-state index in [-0.39, 0.29) is 18.4 Å². The van der Waals surface area contributed by atoms with Crippen molar-refractivity contribution >= 4 is 23.2 Å². The normalized spacial score (nSPS) is 12.2. The molecule has 1 atom stereocenters. The van der Waals surface area contributed by atoms with E-state index in [0.717, 1.165) is 11.3 Å². The maximum Gasteiger partial charge on any atom is 0.305 e. The van der Waals surface area contributed by atoms with Crippen LogP contribution in [0.1, 0.15) is 40.4 Å². The molecule has 17 heavy (non-hydrogen) atoms. The summed E-state index contributed by atoms with van der Waals surface area (Å²) in [5.41, 5.74) is 1.17. The highest BCUT2D eigenvalue weighted by Gasteiger charge is 2.15.